The summed E-state index contributed by atoms with van der Waals surface area (Å²) in [5, 5.41) is 5.99. The van der Waals surface area contributed by atoms with E-state index >= 15 is 0 Å². The van der Waals surface area contributed by atoms with Gasteiger partial charge in [-0.05, 0) is 30.3 Å². The molecule has 0 aliphatic heterocycles. The van der Waals surface area contributed by atoms with Crippen LogP contribution >= 0.6 is 39.3 Å². The molecule has 26 heavy (non-hydrogen) atoms. The zero-order valence-corrected chi connectivity index (χ0v) is 17.2. The fourth-order valence-corrected chi connectivity index (χ4v) is 3.65. The number of anilines is 1. The highest BCUT2D eigenvalue weighted by atomic mass is 79.9. The van der Waals surface area contributed by atoms with Crippen molar-refractivity contribution in [2.45, 2.75) is 4.90 Å². The van der Waals surface area contributed by atoms with Crippen LogP contribution in [0.25, 0.3) is 0 Å². The molecule has 0 aliphatic rings. The first-order chi connectivity index (χ1) is 12.5. The molecule has 2 N–H and O–H groups in total. The molecule has 0 saturated carbocycles. The molecular weight excluding hydrogens is 440 g/mol. The van der Waals surface area contributed by atoms with Gasteiger partial charge in [-0.3, -0.25) is 9.59 Å². The number of methoxy groups -OCH3 is 1. The van der Waals surface area contributed by atoms with Crippen molar-refractivity contribution in [3.8, 4) is 0 Å². The Balaban J connectivity index is 2.03. The van der Waals surface area contributed by atoms with Crippen LogP contribution in [0.2, 0.25) is 5.02 Å². The van der Waals surface area contributed by atoms with E-state index in [-0.39, 0.29) is 17.6 Å². The molecule has 2 aromatic rings. The molecule has 0 radical (unpaired) electrons. The third-order valence-electron chi connectivity index (χ3n) is 3.30. The van der Waals surface area contributed by atoms with E-state index in [9.17, 15) is 9.59 Å². The maximum atomic E-state index is 12.6. The lowest BCUT2D eigenvalue weighted by Crippen LogP contribution is -2.28. The molecule has 2 amide bonds. The normalized spacial score (nSPS) is 10.4. The lowest BCUT2D eigenvalue weighted by molar-refractivity contribution is -0.118. The lowest BCUT2D eigenvalue weighted by Gasteiger charge is -2.11. The summed E-state index contributed by atoms with van der Waals surface area (Å²) in [5.74, 6) is -0.178. The Hall–Kier alpha value is -1.54. The van der Waals surface area contributed by atoms with Crippen molar-refractivity contribution in [1.29, 1.82) is 0 Å². The summed E-state index contributed by atoms with van der Waals surface area (Å²) in [5.41, 5.74) is 1.01. The number of halogens is 2. The van der Waals surface area contributed by atoms with Crippen LogP contribution in [0.1, 0.15) is 10.4 Å². The van der Waals surface area contributed by atoms with Crippen LogP contribution in [0.4, 0.5) is 5.69 Å². The largest absolute Gasteiger partial charge is 0.383 e. The molecule has 0 fully saturated rings. The van der Waals surface area contributed by atoms with Crippen molar-refractivity contribution in [2.75, 3.05) is 31.3 Å². The molecule has 2 aromatic carbocycles. The fourth-order valence-electron chi connectivity index (χ4n) is 2.05. The zero-order chi connectivity index (χ0) is 18.9. The summed E-state index contributed by atoms with van der Waals surface area (Å²) in [6, 6.07) is 12.4. The molecule has 8 heteroatoms. The van der Waals surface area contributed by atoms with E-state index in [0.29, 0.717) is 29.4 Å². The first-order valence-corrected chi connectivity index (χ1v) is 9.90. The zero-order valence-electron chi connectivity index (χ0n) is 14.1. The standard InChI is InChI=1S/C18H18BrClN2O3S/c1-25-9-8-21-17(23)11-26-16-5-3-2-4-13(16)18(24)22-15-7-6-12(19)10-14(15)20/h2-7,10H,8-9,11H2,1H3,(H,21,23)(H,22,24). The summed E-state index contributed by atoms with van der Waals surface area (Å²) in [6.07, 6.45) is 0. The van der Waals surface area contributed by atoms with Gasteiger partial charge in [-0.25, -0.2) is 0 Å². The Kier molecular flexibility index (Phi) is 8.44. The average Bonchev–Trinajstić information content (AvgIpc) is 2.62. The number of hydrogen-bond donors (Lipinski definition) is 2. The van der Waals surface area contributed by atoms with Crippen molar-refractivity contribution < 1.29 is 14.3 Å². The molecule has 2 rings (SSSR count). The number of thioether (sulfide) groups is 1. The van der Waals surface area contributed by atoms with E-state index in [0.717, 1.165) is 9.37 Å². The molecular formula is C18H18BrClN2O3S. The van der Waals surface area contributed by atoms with Crippen LogP contribution in [0.5, 0.6) is 0 Å². The number of nitrogens with one attached hydrogen (secondary N) is 2. The van der Waals surface area contributed by atoms with E-state index in [1.165, 1.54) is 11.8 Å². The molecule has 0 saturated heterocycles. The number of benzene rings is 2. The minimum atomic E-state index is -0.280. The monoisotopic (exact) mass is 456 g/mol. The molecule has 0 aromatic heterocycles. The third kappa shape index (κ3) is 6.32. The van der Waals surface area contributed by atoms with E-state index in [4.69, 9.17) is 16.3 Å². The van der Waals surface area contributed by atoms with Gasteiger partial charge >= 0.3 is 0 Å². The molecule has 0 bridgehead atoms. The second-order valence-corrected chi connectivity index (χ2v) is 7.55. The van der Waals surface area contributed by atoms with Crippen LogP contribution in [-0.2, 0) is 9.53 Å². The Labute approximate surface area is 170 Å². The van der Waals surface area contributed by atoms with Gasteiger partial charge in [0.2, 0.25) is 5.91 Å². The summed E-state index contributed by atoms with van der Waals surface area (Å²) < 4.78 is 5.72. The Morgan fingerprint density at radius 2 is 2.00 bits per heavy atom. The van der Waals surface area contributed by atoms with E-state index < -0.39 is 0 Å². The fraction of sp³-hybridized carbons (Fsp3) is 0.222. The Morgan fingerprint density at radius 3 is 2.73 bits per heavy atom. The van der Waals surface area contributed by atoms with Crippen LogP contribution in [-0.4, -0.2) is 37.8 Å². The van der Waals surface area contributed by atoms with E-state index in [2.05, 4.69) is 26.6 Å². The Bertz CT molecular complexity index is 789. The van der Waals surface area contributed by atoms with E-state index in [1.807, 2.05) is 12.1 Å². The highest BCUT2D eigenvalue weighted by Gasteiger charge is 2.14. The minimum Gasteiger partial charge on any atom is -0.383 e. The van der Waals surface area contributed by atoms with Gasteiger partial charge in [-0.15, -0.1) is 11.8 Å². The van der Waals surface area contributed by atoms with Gasteiger partial charge in [-0.1, -0.05) is 39.7 Å². The maximum absolute atomic E-state index is 12.6. The summed E-state index contributed by atoms with van der Waals surface area (Å²) in [4.78, 5) is 25.2. The molecule has 0 aliphatic carbocycles. The number of rotatable bonds is 8. The summed E-state index contributed by atoms with van der Waals surface area (Å²) in [6.45, 7) is 0.920. The van der Waals surface area contributed by atoms with Crippen molar-refractivity contribution >= 4 is 56.8 Å². The van der Waals surface area contributed by atoms with Crippen molar-refractivity contribution in [3.05, 3.63) is 57.5 Å². The second kappa shape index (κ2) is 10.6. The maximum Gasteiger partial charge on any atom is 0.256 e. The average molecular weight is 458 g/mol. The smallest absolute Gasteiger partial charge is 0.256 e. The SMILES string of the molecule is COCCNC(=O)CSc1ccccc1C(=O)Nc1ccc(Br)cc1Cl. The topological polar surface area (TPSA) is 67.4 Å². The highest BCUT2D eigenvalue weighted by molar-refractivity contribution is 9.10. The van der Waals surface area contributed by atoms with Gasteiger partial charge in [0.15, 0.2) is 0 Å². The lowest BCUT2D eigenvalue weighted by atomic mass is 10.2. The number of ether oxygens (including phenoxy) is 1. The van der Waals surface area contributed by atoms with Gasteiger partial charge in [0.25, 0.3) is 5.91 Å². The number of amides is 2. The van der Waals surface area contributed by atoms with E-state index in [1.54, 1.807) is 37.4 Å². The first kappa shape index (κ1) is 20.8. The molecule has 5 nitrogen and oxygen atoms in total. The molecule has 0 atom stereocenters. The predicted molar refractivity (Wildman–Crippen MR) is 109 cm³/mol. The van der Waals surface area contributed by atoms with Crippen LogP contribution in [0, 0.1) is 0 Å². The molecule has 138 valence electrons. The van der Waals surface area contributed by atoms with Gasteiger partial charge < -0.3 is 15.4 Å². The number of carbonyl (C=O) groups excluding carboxylic acids is 2. The molecule has 0 spiro atoms. The minimum absolute atomic E-state index is 0.113. The first-order valence-electron chi connectivity index (χ1n) is 7.75. The molecule has 0 heterocycles. The number of carbonyl (C=O) groups is 2. The summed E-state index contributed by atoms with van der Waals surface area (Å²) in [7, 11) is 1.58. The van der Waals surface area contributed by atoms with Gasteiger partial charge in [0.05, 0.1) is 28.6 Å². The summed E-state index contributed by atoms with van der Waals surface area (Å²) >= 11 is 10.8. The second-order valence-electron chi connectivity index (χ2n) is 5.21. The van der Waals surface area contributed by atoms with Crippen molar-refractivity contribution in [3.63, 3.8) is 0 Å². The molecule has 0 unspecified atom stereocenters. The Morgan fingerprint density at radius 1 is 1.23 bits per heavy atom. The predicted octanol–water partition coefficient (Wildman–Crippen LogP) is 4.21. The van der Waals surface area contributed by atoms with Crippen LogP contribution in [0.15, 0.2) is 51.8 Å². The van der Waals surface area contributed by atoms with Gasteiger partial charge in [0, 0.05) is 23.0 Å². The van der Waals surface area contributed by atoms with Crippen LogP contribution in [0.3, 0.4) is 0 Å². The van der Waals surface area contributed by atoms with Crippen molar-refractivity contribution in [1.82, 2.24) is 5.32 Å². The van der Waals surface area contributed by atoms with Crippen molar-refractivity contribution in [2.24, 2.45) is 0 Å². The van der Waals surface area contributed by atoms with Gasteiger partial charge in [0.1, 0.15) is 0 Å². The third-order valence-corrected chi connectivity index (χ3v) is 5.18. The quantitative estimate of drug-likeness (QED) is 0.460. The van der Waals surface area contributed by atoms with Crippen LogP contribution < -0.4 is 10.6 Å². The van der Waals surface area contributed by atoms with Gasteiger partial charge in [-0.2, -0.15) is 0 Å². The highest BCUT2D eigenvalue weighted by Crippen LogP contribution is 2.28. The number of hydrogen-bond acceptors (Lipinski definition) is 4.